The maximum Gasteiger partial charge on any atom is 0.0937 e. The molecule has 3 nitrogen and oxygen atoms in total. The number of nitrogens with zero attached hydrogens (tertiary/aromatic N) is 3. The molecule has 0 unspecified atom stereocenters. The molecule has 1 aromatic rings. The van der Waals surface area contributed by atoms with Gasteiger partial charge in [0.05, 0.1) is 13.7 Å². The van der Waals surface area contributed by atoms with Crippen LogP contribution in [0.1, 0.15) is 0 Å². The summed E-state index contributed by atoms with van der Waals surface area (Å²) in [6.45, 7) is 0. The molecule has 0 aliphatic rings. The maximum absolute atomic E-state index is 4.37. The van der Waals surface area contributed by atoms with E-state index < -0.39 is 8.22 Å². The van der Waals surface area contributed by atoms with Gasteiger partial charge in [-0.05, 0) is 40.3 Å². The first-order chi connectivity index (χ1) is 6.13. The molecule has 0 amide bonds. The summed E-state index contributed by atoms with van der Waals surface area (Å²) in [4.78, 5) is 4.37. The predicted octanol–water partition coefficient (Wildman–Crippen LogP) is 1.14. The fourth-order valence-electron chi connectivity index (χ4n) is 1.24. The molecule has 0 aliphatic carbocycles. The molecule has 4 heteroatoms. The molecule has 0 saturated carbocycles. The minimum absolute atomic E-state index is 0.418. The molecule has 72 valence electrons. The van der Waals surface area contributed by atoms with E-state index in [0.29, 0.717) is 0 Å². The van der Waals surface area contributed by atoms with Gasteiger partial charge in [0.1, 0.15) is 0 Å². The normalized spacial score (nSPS) is 11.6. The van der Waals surface area contributed by atoms with Crippen LogP contribution in [0.4, 0.5) is 0 Å². The predicted molar refractivity (Wildman–Crippen MR) is 58.2 cm³/mol. The van der Waals surface area contributed by atoms with Gasteiger partial charge in [0.25, 0.3) is 0 Å². The van der Waals surface area contributed by atoms with Gasteiger partial charge in [-0.15, -0.1) is 0 Å². The standard InChI is InChI=1S/C9H16N3P/c1-11(2)13(12(3)4)9-7-5-6-8-10-9/h5-8H,1-4H3. The van der Waals surface area contributed by atoms with Crippen LogP contribution in [0, 0.1) is 0 Å². The molecule has 1 heterocycles. The molecular weight excluding hydrogens is 181 g/mol. The Morgan fingerprint density at radius 3 is 2.08 bits per heavy atom. The zero-order valence-corrected chi connectivity index (χ0v) is 9.49. The topological polar surface area (TPSA) is 19.4 Å². The molecule has 0 radical (unpaired) electrons. The lowest BCUT2D eigenvalue weighted by atomic mass is 10.5. The number of rotatable bonds is 3. The summed E-state index contributed by atoms with van der Waals surface area (Å²) < 4.78 is 4.41. The van der Waals surface area contributed by atoms with Crippen LogP contribution in [-0.2, 0) is 0 Å². The van der Waals surface area contributed by atoms with Crippen molar-refractivity contribution in [2.24, 2.45) is 0 Å². The Hall–Kier alpha value is -0.500. The molecule has 13 heavy (non-hydrogen) atoms. The number of hydrogen-bond acceptors (Lipinski definition) is 3. The van der Waals surface area contributed by atoms with Gasteiger partial charge in [0.2, 0.25) is 0 Å². The van der Waals surface area contributed by atoms with Crippen LogP contribution < -0.4 is 5.44 Å². The Labute approximate surface area is 81.2 Å². The van der Waals surface area contributed by atoms with Gasteiger partial charge < -0.3 is 0 Å². The average Bonchev–Trinajstić information content (AvgIpc) is 2.04. The van der Waals surface area contributed by atoms with Crippen molar-refractivity contribution in [3.8, 4) is 0 Å². The lowest BCUT2D eigenvalue weighted by molar-refractivity contribution is 0.583. The van der Waals surface area contributed by atoms with Crippen LogP contribution in [0.15, 0.2) is 24.4 Å². The first-order valence-electron chi connectivity index (χ1n) is 4.18. The smallest absolute Gasteiger partial charge is 0.0937 e. The summed E-state index contributed by atoms with van der Waals surface area (Å²) in [5.74, 6) is 0. The van der Waals surface area contributed by atoms with Gasteiger partial charge in [0.15, 0.2) is 0 Å². The Kier molecular flexibility index (Phi) is 3.79. The van der Waals surface area contributed by atoms with Gasteiger partial charge in [-0.25, -0.2) is 0 Å². The lowest BCUT2D eigenvalue weighted by Crippen LogP contribution is -2.25. The van der Waals surface area contributed by atoms with Crippen molar-refractivity contribution in [1.29, 1.82) is 0 Å². The summed E-state index contributed by atoms with van der Waals surface area (Å²) in [5.41, 5.74) is 1.15. The third-order valence-corrected chi connectivity index (χ3v) is 3.80. The van der Waals surface area contributed by atoms with Crippen LogP contribution in [-0.4, -0.2) is 42.5 Å². The lowest BCUT2D eigenvalue weighted by Gasteiger charge is -2.29. The molecule has 0 fully saturated rings. The number of pyridine rings is 1. The summed E-state index contributed by atoms with van der Waals surface area (Å²) in [6, 6.07) is 6.05. The van der Waals surface area contributed by atoms with Crippen molar-refractivity contribution in [2.45, 2.75) is 0 Å². The van der Waals surface area contributed by atoms with Gasteiger partial charge in [-0.1, -0.05) is 6.07 Å². The van der Waals surface area contributed by atoms with Crippen LogP contribution in [0.2, 0.25) is 0 Å². The van der Waals surface area contributed by atoms with E-state index in [0.717, 1.165) is 5.44 Å². The fraction of sp³-hybridized carbons (Fsp3) is 0.444. The van der Waals surface area contributed by atoms with Crippen molar-refractivity contribution >= 4 is 13.7 Å². The fourth-order valence-corrected chi connectivity index (χ4v) is 3.16. The minimum atomic E-state index is -0.418. The number of hydrogen-bond donors (Lipinski definition) is 0. The van der Waals surface area contributed by atoms with E-state index in [1.165, 1.54) is 0 Å². The monoisotopic (exact) mass is 197 g/mol. The molecule has 1 rings (SSSR count). The summed E-state index contributed by atoms with van der Waals surface area (Å²) >= 11 is 0. The first kappa shape index (κ1) is 10.6. The average molecular weight is 197 g/mol. The Balaban J connectivity index is 2.89. The van der Waals surface area contributed by atoms with Crippen molar-refractivity contribution in [1.82, 2.24) is 14.3 Å². The Bertz CT molecular complexity index is 240. The molecular formula is C9H16N3P. The molecule has 0 bridgehead atoms. The quantitative estimate of drug-likeness (QED) is 0.677. The first-order valence-corrected chi connectivity index (χ1v) is 5.43. The van der Waals surface area contributed by atoms with Crippen LogP contribution >= 0.6 is 8.22 Å². The van der Waals surface area contributed by atoms with E-state index in [1.54, 1.807) is 0 Å². The van der Waals surface area contributed by atoms with Crippen molar-refractivity contribution in [2.75, 3.05) is 28.2 Å². The minimum Gasteiger partial charge on any atom is -0.271 e. The summed E-state index contributed by atoms with van der Waals surface area (Å²) in [6.07, 6.45) is 1.84. The zero-order valence-electron chi connectivity index (χ0n) is 8.60. The summed E-state index contributed by atoms with van der Waals surface area (Å²) in [7, 11) is 7.92. The molecule has 0 aliphatic heterocycles. The van der Waals surface area contributed by atoms with Crippen molar-refractivity contribution in [3.63, 3.8) is 0 Å². The molecule has 0 atom stereocenters. The van der Waals surface area contributed by atoms with Crippen molar-refractivity contribution < 1.29 is 0 Å². The van der Waals surface area contributed by atoms with Crippen LogP contribution in [0.3, 0.4) is 0 Å². The van der Waals surface area contributed by atoms with E-state index in [1.807, 2.05) is 18.3 Å². The second-order valence-electron chi connectivity index (χ2n) is 3.17. The molecule has 0 N–H and O–H groups in total. The largest absolute Gasteiger partial charge is 0.271 e. The van der Waals surface area contributed by atoms with E-state index in [4.69, 9.17) is 0 Å². The highest BCUT2D eigenvalue weighted by atomic mass is 31.1. The van der Waals surface area contributed by atoms with E-state index in [9.17, 15) is 0 Å². The Morgan fingerprint density at radius 1 is 1.08 bits per heavy atom. The molecule has 0 spiro atoms. The van der Waals surface area contributed by atoms with Gasteiger partial charge >= 0.3 is 0 Å². The highest BCUT2D eigenvalue weighted by Gasteiger charge is 2.16. The maximum atomic E-state index is 4.37. The van der Waals surface area contributed by atoms with Gasteiger partial charge in [-0.3, -0.25) is 14.3 Å². The Morgan fingerprint density at radius 2 is 1.69 bits per heavy atom. The highest BCUT2D eigenvalue weighted by molar-refractivity contribution is 7.60. The number of aromatic nitrogens is 1. The van der Waals surface area contributed by atoms with E-state index >= 15 is 0 Å². The van der Waals surface area contributed by atoms with Crippen LogP contribution in [0.25, 0.3) is 0 Å². The SMILES string of the molecule is CN(C)P(c1ccccn1)N(C)C. The van der Waals surface area contributed by atoms with Crippen LogP contribution in [0.5, 0.6) is 0 Å². The third-order valence-electron chi connectivity index (χ3n) is 1.61. The third kappa shape index (κ3) is 2.73. The zero-order chi connectivity index (χ0) is 9.84. The van der Waals surface area contributed by atoms with Crippen molar-refractivity contribution in [3.05, 3.63) is 24.4 Å². The molecule has 0 saturated heterocycles. The molecule has 0 aromatic carbocycles. The molecule has 1 aromatic heterocycles. The van der Waals surface area contributed by atoms with Gasteiger partial charge in [-0.2, -0.15) is 0 Å². The van der Waals surface area contributed by atoms with E-state index in [2.05, 4.69) is 48.6 Å². The highest BCUT2D eigenvalue weighted by Crippen LogP contribution is 2.37. The van der Waals surface area contributed by atoms with E-state index in [-0.39, 0.29) is 0 Å². The van der Waals surface area contributed by atoms with Gasteiger partial charge in [0, 0.05) is 6.20 Å². The second-order valence-corrected chi connectivity index (χ2v) is 5.81. The summed E-state index contributed by atoms with van der Waals surface area (Å²) in [5, 5.41) is 0. The second kappa shape index (κ2) is 4.66.